The number of likely N-dealkylation sites (tertiary alicyclic amines) is 1. The fourth-order valence-electron chi connectivity index (χ4n) is 2.38. The Morgan fingerprint density at radius 1 is 1.35 bits per heavy atom. The van der Waals surface area contributed by atoms with Gasteiger partial charge in [0, 0.05) is 35.2 Å². The van der Waals surface area contributed by atoms with E-state index in [0.717, 1.165) is 28.7 Å². The van der Waals surface area contributed by atoms with Crippen molar-refractivity contribution in [3.8, 4) is 0 Å². The Kier molecular flexibility index (Phi) is 3.99. The summed E-state index contributed by atoms with van der Waals surface area (Å²) in [5.41, 5.74) is 7.14. The summed E-state index contributed by atoms with van der Waals surface area (Å²) in [7, 11) is 0. The van der Waals surface area contributed by atoms with Crippen molar-refractivity contribution >= 4 is 23.2 Å². The molecule has 94 valence electrons. The predicted molar refractivity (Wildman–Crippen MR) is 73.6 cm³/mol. The van der Waals surface area contributed by atoms with Crippen LogP contribution in [0.5, 0.6) is 0 Å². The first kappa shape index (κ1) is 13.2. The van der Waals surface area contributed by atoms with Crippen molar-refractivity contribution in [1.29, 1.82) is 0 Å². The molecule has 17 heavy (non-hydrogen) atoms. The van der Waals surface area contributed by atoms with Crippen LogP contribution in [0.15, 0.2) is 18.2 Å². The lowest BCUT2D eigenvalue weighted by Crippen LogP contribution is -2.29. The molecule has 0 amide bonds. The smallest absolute Gasteiger partial charge is 0.0454 e. The fraction of sp³-hybridized carbons (Fsp3) is 0.538. The summed E-state index contributed by atoms with van der Waals surface area (Å²) in [5, 5.41) is 1.50. The standard InChI is InChI=1S/C13H18Cl2N2/c1-8-6-17(7-13(8)16)9(2)11-5-10(14)3-4-12(11)15/h3-5,8-9,13H,6-7,16H2,1-2H3. The van der Waals surface area contributed by atoms with Crippen LogP contribution in [0, 0.1) is 5.92 Å². The lowest BCUT2D eigenvalue weighted by molar-refractivity contribution is 0.253. The van der Waals surface area contributed by atoms with Crippen molar-refractivity contribution in [1.82, 2.24) is 4.90 Å². The van der Waals surface area contributed by atoms with Crippen molar-refractivity contribution in [3.05, 3.63) is 33.8 Å². The molecule has 1 heterocycles. The zero-order valence-electron chi connectivity index (χ0n) is 10.2. The second-order valence-corrected chi connectivity index (χ2v) is 5.78. The van der Waals surface area contributed by atoms with Crippen LogP contribution in [0.25, 0.3) is 0 Å². The van der Waals surface area contributed by atoms with Gasteiger partial charge in [-0.1, -0.05) is 30.1 Å². The Bertz CT molecular complexity index is 398. The zero-order chi connectivity index (χ0) is 12.6. The van der Waals surface area contributed by atoms with E-state index in [2.05, 4.69) is 18.7 Å². The highest BCUT2D eigenvalue weighted by Crippen LogP contribution is 2.32. The van der Waals surface area contributed by atoms with E-state index in [-0.39, 0.29) is 12.1 Å². The molecule has 3 atom stereocenters. The second-order valence-electron chi connectivity index (χ2n) is 4.94. The van der Waals surface area contributed by atoms with Crippen molar-refractivity contribution in [2.45, 2.75) is 25.9 Å². The third kappa shape index (κ3) is 2.76. The Morgan fingerprint density at radius 3 is 2.65 bits per heavy atom. The summed E-state index contributed by atoms with van der Waals surface area (Å²) in [5.74, 6) is 0.537. The molecule has 0 aliphatic carbocycles. The van der Waals surface area contributed by atoms with Gasteiger partial charge in [0.25, 0.3) is 0 Å². The quantitative estimate of drug-likeness (QED) is 0.895. The average molecular weight is 273 g/mol. The van der Waals surface area contributed by atoms with Gasteiger partial charge in [0.2, 0.25) is 0 Å². The molecule has 2 N–H and O–H groups in total. The number of halogens is 2. The maximum atomic E-state index is 6.23. The third-order valence-corrected chi connectivity index (χ3v) is 4.23. The van der Waals surface area contributed by atoms with E-state index in [9.17, 15) is 0 Å². The van der Waals surface area contributed by atoms with E-state index in [1.165, 1.54) is 0 Å². The number of hydrogen-bond donors (Lipinski definition) is 1. The molecule has 0 saturated carbocycles. The van der Waals surface area contributed by atoms with E-state index >= 15 is 0 Å². The molecule has 2 rings (SSSR count). The van der Waals surface area contributed by atoms with Crippen LogP contribution in [0.3, 0.4) is 0 Å². The van der Waals surface area contributed by atoms with Gasteiger partial charge in [0.15, 0.2) is 0 Å². The van der Waals surface area contributed by atoms with Crippen LogP contribution in [-0.4, -0.2) is 24.0 Å². The molecule has 0 bridgehead atoms. The van der Waals surface area contributed by atoms with Crippen molar-refractivity contribution < 1.29 is 0 Å². The number of nitrogens with two attached hydrogens (primary N) is 1. The van der Waals surface area contributed by atoms with Gasteiger partial charge in [-0.3, -0.25) is 4.90 Å². The number of benzene rings is 1. The fourth-order valence-corrected chi connectivity index (χ4v) is 2.83. The van der Waals surface area contributed by atoms with Gasteiger partial charge in [-0.15, -0.1) is 0 Å². The molecule has 1 aliphatic heterocycles. The summed E-state index contributed by atoms with van der Waals surface area (Å²) >= 11 is 12.2. The minimum absolute atomic E-state index is 0.260. The predicted octanol–water partition coefficient (Wildman–Crippen LogP) is 3.33. The van der Waals surface area contributed by atoms with Crippen molar-refractivity contribution in [2.24, 2.45) is 11.7 Å². The topological polar surface area (TPSA) is 29.3 Å². The molecule has 0 radical (unpaired) electrons. The van der Waals surface area contributed by atoms with E-state index in [1.807, 2.05) is 18.2 Å². The van der Waals surface area contributed by atoms with Gasteiger partial charge in [-0.2, -0.15) is 0 Å². The largest absolute Gasteiger partial charge is 0.326 e. The van der Waals surface area contributed by atoms with Gasteiger partial charge in [0.05, 0.1) is 0 Å². The summed E-state index contributed by atoms with van der Waals surface area (Å²) in [6, 6.07) is 6.14. The van der Waals surface area contributed by atoms with Gasteiger partial charge in [-0.05, 0) is 36.6 Å². The summed E-state index contributed by atoms with van der Waals surface area (Å²) in [6.45, 7) is 6.29. The molecule has 1 aromatic carbocycles. The van der Waals surface area contributed by atoms with Crippen molar-refractivity contribution in [3.63, 3.8) is 0 Å². The van der Waals surface area contributed by atoms with Gasteiger partial charge < -0.3 is 5.73 Å². The molecule has 4 heteroatoms. The van der Waals surface area contributed by atoms with E-state index in [1.54, 1.807) is 0 Å². The van der Waals surface area contributed by atoms with E-state index in [0.29, 0.717) is 5.92 Å². The number of hydrogen-bond acceptors (Lipinski definition) is 2. The van der Waals surface area contributed by atoms with Gasteiger partial charge in [0.1, 0.15) is 0 Å². The molecule has 1 fully saturated rings. The molecule has 1 aliphatic rings. The Hall–Kier alpha value is -0.280. The molecule has 2 nitrogen and oxygen atoms in total. The monoisotopic (exact) mass is 272 g/mol. The minimum atomic E-state index is 0.260. The maximum Gasteiger partial charge on any atom is 0.0454 e. The first-order valence-corrected chi connectivity index (χ1v) is 6.69. The first-order valence-electron chi connectivity index (χ1n) is 5.93. The maximum absolute atomic E-state index is 6.23. The Balaban J connectivity index is 2.20. The van der Waals surface area contributed by atoms with Crippen LogP contribution >= 0.6 is 23.2 Å². The number of rotatable bonds is 2. The highest BCUT2D eigenvalue weighted by atomic mass is 35.5. The van der Waals surface area contributed by atoms with Gasteiger partial charge in [-0.25, -0.2) is 0 Å². The molecule has 3 unspecified atom stereocenters. The minimum Gasteiger partial charge on any atom is -0.326 e. The Morgan fingerprint density at radius 2 is 2.06 bits per heavy atom. The van der Waals surface area contributed by atoms with Crippen LogP contribution in [-0.2, 0) is 0 Å². The average Bonchev–Trinajstić information content (AvgIpc) is 2.62. The summed E-state index contributed by atoms with van der Waals surface area (Å²) in [6.07, 6.45) is 0. The van der Waals surface area contributed by atoms with E-state index in [4.69, 9.17) is 28.9 Å². The van der Waals surface area contributed by atoms with E-state index < -0.39 is 0 Å². The highest BCUT2D eigenvalue weighted by molar-refractivity contribution is 6.33. The SMILES string of the molecule is CC1CN(C(C)c2cc(Cl)ccc2Cl)CC1N. The second kappa shape index (κ2) is 5.15. The summed E-state index contributed by atoms with van der Waals surface area (Å²) < 4.78 is 0. The third-order valence-electron chi connectivity index (χ3n) is 3.65. The zero-order valence-corrected chi connectivity index (χ0v) is 11.7. The molecule has 0 aromatic heterocycles. The first-order chi connectivity index (χ1) is 7.99. The highest BCUT2D eigenvalue weighted by Gasteiger charge is 2.30. The van der Waals surface area contributed by atoms with Crippen LogP contribution in [0.1, 0.15) is 25.5 Å². The molecule has 1 saturated heterocycles. The number of nitrogens with zero attached hydrogens (tertiary/aromatic N) is 1. The normalized spacial score (nSPS) is 27.4. The molecule has 1 aromatic rings. The molecule has 0 spiro atoms. The van der Waals surface area contributed by atoms with Crippen LogP contribution in [0.4, 0.5) is 0 Å². The lowest BCUT2D eigenvalue weighted by atomic mass is 10.1. The van der Waals surface area contributed by atoms with Crippen molar-refractivity contribution in [2.75, 3.05) is 13.1 Å². The lowest BCUT2D eigenvalue weighted by Gasteiger charge is -2.25. The molecular formula is C13H18Cl2N2. The van der Waals surface area contributed by atoms with Crippen LogP contribution < -0.4 is 5.73 Å². The molecular weight excluding hydrogens is 255 g/mol. The van der Waals surface area contributed by atoms with Crippen LogP contribution in [0.2, 0.25) is 10.0 Å². The summed E-state index contributed by atoms with van der Waals surface area (Å²) in [4.78, 5) is 2.37. The van der Waals surface area contributed by atoms with Gasteiger partial charge >= 0.3 is 0 Å². The Labute approximate surface area is 113 Å².